The van der Waals surface area contributed by atoms with Crippen molar-refractivity contribution in [3.63, 3.8) is 0 Å². The summed E-state index contributed by atoms with van der Waals surface area (Å²) >= 11 is 0. The summed E-state index contributed by atoms with van der Waals surface area (Å²) in [4.78, 5) is 15.8. The lowest BCUT2D eigenvalue weighted by molar-refractivity contribution is -0.115. The summed E-state index contributed by atoms with van der Waals surface area (Å²) in [5.41, 5.74) is 7.00. The maximum absolute atomic E-state index is 11.8. The number of hydrogen-bond donors (Lipinski definition) is 2. The highest BCUT2D eigenvalue weighted by Gasteiger charge is 2.05. The lowest BCUT2D eigenvalue weighted by atomic mass is 10.1. The van der Waals surface area contributed by atoms with E-state index in [1.807, 2.05) is 24.3 Å². The molecule has 0 atom stereocenters. The first-order valence-corrected chi connectivity index (χ1v) is 5.81. The molecule has 98 valence electrons. The second kappa shape index (κ2) is 5.86. The van der Waals surface area contributed by atoms with Crippen molar-refractivity contribution in [3.05, 3.63) is 48.2 Å². The van der Waals surface area contributed by atoms with Gasteiger partial charge in [0.05, 0.1) is 25.4 Å². The van der Waals surface area contributed by atoms with Gasteiger partial charge in [0.2, 0.25) is 5.91 Å². The number of aromatic nitrogens is 1. The van der Waals surface area contributed by atoms with Crippen molar-refractivity contribution in [2.75, 3.05) is 18.2 Å². The summed E-state index contributed by atoms with van der Waals surface area (Å²) < 4.78 is 5.06. The molecule has 2 aromatic rings. The molecule has 0 fully saturated rings. The van der Waals surface area contributed by atoms with Crippen molar-refractivity contribution in [2.45, 2.75) is 6.42 Å². The Hall–Kier alpha value is -2.56. The van der Waals surface area contributed by atoms with E-state index in [2.05, 4.69) is 10.3 Å². The smallest absolute Gasteiger partial charge is 0.229 e. The first-order chi connectivity index (χ1) is 9.17. The average Bonchev–Trinajstić information content (AvgIpc) is 2.42. The summed E-state index contributed by atoms with van der Waals surface area (Å²) in [5.74, 6) is 1.14. The van der Waals surface area contributed by atoms with Crippen LogP contribution in [0.5, 0.6) is 5.75 Å². The van der Waals surface area contributed by atoms with Crippen molar-refractivity contribution in [2.24, 2.45) is 0 Å². The quantitative estimate of drug-likeness (QED) is 0.876. The fourth-order valence-electron chi connectivity index (χ4n) is 1.60. The molecule has 1 amide bonds. The molecule has 0 aliphatic rings. The minimum atomic E-state index is -0.123. The van der Waals surface area contributed by atoms with Gasteiger partial charge in [-0.2, -0.15) is 0 Å². The lowest BCUT2D eigenvalue weighted by Crippen LogP contribution is -2.15. The molecular formula is C14H15N3O2. The van der Waals surface area contributed by atoms with Crippen LogP contribution in [0.3, 0.4) is 0 Å². The molecule has 0 aliphatic carbocycles. The molecule has 0 spiro atoms. The summed E-state index contributed by atoms with van der Waals surface area (Å²) in [7, 11) is 1.61. The van der Waals surface area contributed by atoms with Gasteiger partial charge in [-0.05, 0) is 29.8 Å². The molecule has 5 nitrogen and oxygen atoms in total. The van der Waals surface area contributed by atoms with Crippen LogP contribution in [0.25, 0.3) is 0 Å². The number of nitrogens with one attached hydrogen (secondary N) is 1. The molecule has 0 bridgehead atoms. The molecule has 1 heterocycles. The Morgan fingerprint density at radius 2 is 2.00 bits per heavy atom. The third kappa shape index (κ3) is 3.70. The van der Waals surface area contributed by atoms with Gasteiger partial charge in [0, 0.05) is 0 Å². The lowest BCUT2D eigenvalue weighted by Gasteiger charge is -2.05. The molecule has 0 radical (unpaired) electrons. The zero-order chi connectivity index (χ0) is 13.7. The maximum Gasteiger partial charge on any atom is 0.229 e. The number of amides is 1. The number of rotatable bonds is 4. The van der Waals surface area contributed by atoms with Crippen LogP contribution in [-0.4, -0.2) is 18.0 Å². The third-order valence-electron chi connectivity index (χ3n) is 2.58. The van der Waals surface area contributed by atoms with E-state index in [1.54, 1.807) is 19.2 Å². The largest absolute Gasteiger partial charge is 0.497 e. The Bertz CT molecular complexity index is 550. The molecule has 2 rings (SSSR count). The van der Waals surface area contributed by atoms with Crippen LogP contribution >= 0.6 is 0 Å². The fourth-order valence-corrected chi connectivity index (χ4v) is 1.60. The van der Waals surface area contributed by atoms with Gasteiger partial charge in [-0.1, -0.05) is 12.1 Å². The summed E-state index contributed by atoms with van der Waals surface area (Å²) in [6.45, 7) is 0. The average molecular weight is 257 g/mol. The number of nitrogens with zero attached hydrogens (tertiary/aromatic N) is 1. The standard InChI is InChI=1S/C14H15N3O2/c1-19-12-5-2-10(3-6-12)8-14(18)17-13-7-4-11(15)9-16-13/h2-7,9H,8,15H2,1H3,(H,16,17,18). The number of carbonyl (C=O) groups excluding carboxylic acids is 1. The van der Waals surface area contributed by atoms with E-state index in [9.17, 15) is 4.79 Å². The molecule has 0 saturated carbocycles. The first-order valence-electron chi connectivity index (χ1n) is 5.81. The van der Waals surface area contributed by atoms with Gasteiger partial charge in [-0.3, -0.25) is 4.79 Å². The number of anilines is 2. The number of nitrogen functional groups attached to an aromatic ring is 1. The van der Waals surface area contributed by atoms with E-state index < -0.39 is 0 Å². The topological polar surface area (TPSA) is 77.2 Å². The van der Waals surface area contributed by atoms with Gasteiger partial charge in [-0.25, -0.2) is 4.98 Å². The Balaban J connectivity index is 1.95. The van der Waals surface area contributed by atoms with Crippen LogP contribution in [0.1, 0.15) is 5.56 Å². The highest BCUT2D eigenvalue weighted by Crippen LogP contribution is 2.12. The molecule has 0 aliphatic heterocycles. The number of hydrogen-bond acceptors (Lipinski definition) is 4. The molecular weight excluding hydrogens is 242 g/mol. The highest BCUT2D eigenvalue weighted by molar-refractivity contribution is 5.91. The molecule has 1 aromatic heterocycles. The van der Waals surface area contributed by atoms with Gasteiger partial charge in [-0.15, -0.1) is 0 Å². The summed E-state index contributed by atoms with van der Waals surface area (Å²) in [6.07, 6.45) is 1.79. The van der Waals surface area contributed by atoms with E-state index >= 15 is 0 Å². The van der Waals surface area contributed by atoms with Gasteiger partial charge < -0.3 is 15.8 Å². The molecule has 5 heteroatoms. The van der Waals surface area contributed by atoms with E-state index in [4.69, 9.17) is 10.5 Å². The van der Waals surface area contributed by atoms with Crippen molar-refractivity contribution in [3.8, 4) is 5.75 Å². The second-order valence-corrected chi connectivity index (χ2v) is 4.05. The van der Waals surface area contributed by atoms with Gasteiger partial charge >= 0.3 is 0 Å². The number of methoxy groups -OCH3 is 1. The Labute approximate surface area is 111 Å². The summed E-state index contributed by atoms with van der Waals surface area (Å²) in [5, 5.41) is 2.71. The number of pyridine rings is 1. The van der Waals surface area contributed by atoms with Crippen LogP contribution < -0.4 is 15.8 Å². The van der Waals surface area contributed by atoms with E-state index in [1.165, 1.54) is 6.20 Å². The third-order valence-corrected chi connectivity index (χ3v) is 2.58. The van der Waals surface area contributed by atoms with E-state index in [-0.39, 0.29) is 12.3 Å². The van der Waals surface area contributed by atoms with E-state index in [0.717, 1.165) is 11.3 Å². The second-order valence-electron chi connectivity index (χ2n) is 4.05. The normalized spacial score (nSPS) is 9.95. The molecule has 0 saturated heterocycles. The van der Waals surface area contributed by atoms with Gasteiger partial charge in [0.1, 0.15) is 11.6 Å². The number of carbonyl (C=O) groups is 1. The summed E-state index contributed by atoms with van der Waals surface area (Å²) in [6, 6.07) is 10.7. The maximum atomic E-state index is 11.8. The highest BCUT2D eigenvalue weighted by atomic mass is 16.5. The molecule has 0 unspecified atom stereocenters. The van der Waals surface area contributed by atoms with Crippen molar-refractivity contribution in [1.82, 2.24) is 4.98 Å². The number of benzene rings is 1. The van der Waals surface area contributed by atoms with Crippen molar-refractivity contribution >= 4 is 17.4 Å². The van der Waals surface area contributed by atoms with Crippen LogP contribution in [0, 0.1) is 0 Å². The fraction of sp³-hybridized carbons (Fsp3) is 0.143. The van der Waals surface area contributed by atoms with Crippen LogP contribution in [0.2, 0.25) is 0 Å². The zero-order valence-electron chi connectivity index (χ0n) is 10.6. The molecule has 3 N–H and O–H groups in total. The van der Waals surface area contributed by atoms with Crippen LogP contribution in [-0.2, 0) is 11.2 Å². The van der Waals surface area contributed by atoms with Crippen molar-refractivity contribution < 1.29 is 9.53 Å². The molecule has 19 heavy (non-hydrogen) atoms. The monoisotopic (exact) mass is 257 g/mol. The minimum absolute atomic E-state index is 0.123. The zero-order valence-corrected chi connectivity index (χ0v) is 10.6. The predicted molar refractivity (Wildman–Crippen MR) is 74.0 cm³/mol. The minimum Gasteiger partial charge on any atom is -0.497 e. The van der Waals surface area contributed by atoms with Gasteiger partial charge in [0.25, 0.3) is 0 Å². The molecule has 1 aromatic carbocycles. The first kappa shape index (κ1) is 12.9. The number of ether oxygens (including phenoxy) is 1. The van der Waals surface area contributed by atoms with Gasteiger partial charge in [0.15, 0.2) is 0 Å². The Kier molecular flexibility index (Phi) is 3.97. The van der Waals surface area contributed by atoms with Crippen LogP contribution in [0.15, 0.2) is 42.6 Å². The van der Waals surface area contributed by atoms with Crippen molar-refractivity contribution in [1.29, 1.82) is 0 Å². The Morgan fingerprint density at radius 1 is 1.26 bits per heavy atom. The SMILES string of the molecule is COc1ccc(CC(=O)Nc2ccc(N)cn2)cc1. The van der Waals surface area contributed by atoms with Crippen LogP contribution in [0.4, 0.5) is 11.5 Å². The predicted octanol–water partition coefficient (Wildman–Crippen LogP) is 1.85. The Morgan fingerprint density at radius 3 is 2.58 bits per heavy atom. The number of nitrogens with two attached hydrogens (primary N) is 1. The van der Waals surface area contributed by atoms with E-state index in [0.29, 0.717) is 11.5 Å².